The highest BCUT2D eigenvalue weighted by atomic mass is 32.1. The van der Waals surface area contributed by atoms with Gasteiger partial charge in [0, 0.05) is 13.6 Å². The molecule has 0 radical (unpaired) electrons. The van der Waals surface area contributed by atoms with E-state index in [9.17, 15) is 4.79 Å². The first kappa shape index (κ1) is 20.7. The number of carbonyl (C=O) groups excluding carboxylic acids is 1. The van der Waals surface area contributed by atoms with Crippen molar-refractivity contribution in [3.8, 4) is 0 Å². The summed E-state index contributed by atoms with van der Waals surface area (Å²) in [5, 5.41) is 7.68. The van der Waals surface area contributed by atoms with Gasteiger partial charge in [0.2, 0.25) is 0 Å². The number of nitrogens with zero attached hydrogens (tertiary/aromatic N) is 2. The summed E-state index contributed by atoms with van der Waals surface area (Å²) in [6, 6.07) is -0.0283. The van der Waals surface area contributed by atoms with E-state index in [2.05, 4.69) is 27.5 Å². The Bertz CT molecular complexity index is 621. The minimum absolute atomic E-state index is 0.0283. The van der Waals surface area contributed by atoms with Crippen LogP contribution in [0, 0.1) is 18.8 Å². The largest absolute Gasteiger partial charge is 0.462 e. The number of hydrogen-bond donors (Lipinski definition) is 2. The van der Waals surface area contributed by atoms with E-state index >= 15 is 0 Å². The molecule has 2 N–H and O–H groups in total. The third-order valence-electron chi connectivity index (χ3n) is 4.91. The zero-order chi connectivity index (χ0) is 19.1. The fourth-order valence-corrected chi connectivity index (χ4v) is 4.19. The molecular formula is C19H32N4O2S. The predicted octanol–water partition coefficient (Wildman–Crippen LogP) is 3.68. The molecule has 1 saturated carbocycles. The Balaban J connectivity index is 1.89. The van der Waals surface area contributed by atoms with Crippen LogP contribution in [0.4, 0.5) is 0 Å². The molecule has 7 heteroatoms. The fraction of sp³-hybridized carbons (Fsp3) is 0.737. The summed E-state index contributed by atoms with van der Waals surface area (Å²) in [5.41, 5.74) is 0.719. The number of guanidine groups is 1. The zero-order valence-corrected chi connectivity index (χ0v) is 17.4. The zero-order valence-electron chi connectivity index (χ0n) is 16.6. The molecular weight excluding hydrogens is 348 g/mol. The van der Waals surface area contributed by atoms with Crippen LogP contribution in [0.3, 0.4) is 0 Å². The van der Waals surface area contributed by atoms with Crippen molar-refractivity contribution in [2.45, 2.75) is 59.4 Å². The summed E-state index contributed by atoms with van der Waals surface area (Å²) >= 11 is 1.38. The molecule has 1 aliphatic carbocycles. The molecule has 1 aromatic rings. The van der Waals surface area contributed by atoms with Gasteiger partial charge in [0.25, 0.3) is 0 Å². The van der Waals surface area contributed by atoms with E-state index in [4.69, 9.17) is 4.74 Å². The van der Waals surface area contributed by atoms with Crippen molar-refractivity contribution in [2.24, 2.45) is 16.8 Å². The van der Waals surface area contributed by atoms with Crippen LogP contribution in [0.2, 0.25) is 0 Å². The lowest BCUT2D eigenvalue weighted by Crippen LogP contribution is -2.41. The lowest BCUT2D eigenvalue weighted by atomic mass is 9.83. The number of ether oxygens (including phenoxy) is 1. The van der Waals surface area contributed by atoms with Crippen LogP contribution >= 0.6 is 11.3 Å². The van der Waals surface area contributed by atoms with Crippen LogP contribution in [0.1, 0.15) is 72.9 Å². The minimum Gasteiger partial charge on any atom is -0.462 e. The van der Waals surface area contributed by atoms with Crippen molar-refractivity contribution < 1.29 is 9.53 Å². The highest BCUT2D eigenvalue weighted by Crippen LogP contribution is 2.28. The molecule has 6 nitrogen and oxygen atoms in total. The average molecular weight is 381 g/mol. The van der Waals surface area contributed by atoms with Gasteiger partial charge in [-0.05, 0) is 45.4 Å². The van der Waals surface area contributed by atoms with Gasteiger partial charge in [0.15, 0.2) is 5.96 Å². The molecule has 0 bridgehead atoms. The SMILES string of the molecule is CCOC(=O)c1sc(C(C)NC(=NC)NCC2CCC(C)CC2)nc1C. The molecule has 0 amide bonds. The summed E-state index contributed by atoms with van der Waals surface area (Å²) in [4.78, 5) is 21.4. The van der Waals surface area contributed by atoms with E-state index in [0.29, 0.717) is 11.5 Å². The molecule has 1 unspecified atom stereocenters. The first-order valence-corrected chi connectivity index (χ1v) is 10.4. The standard InChI is InChI=1S/C19H32N4O2S/c1-6-25-18(24)16-13(3)22-17(26-16)14(4)23-19(20-5)21-11-15-9-7-12(2)8-10-15/h12,14-15H,6-11H2,1-5H3,(H2,20,21,23). The Hall–Kier alpha value is -1.63. The Labute approximate surface area is 160 Å². The minimum atomic E-state index is -0.296. The number of rotatable bonds is 6. The van der Waals surface area contributed by atoms with Gasteiger partial charge < -0.3 is 15.4 Å². The maximum atomic E-state index is 12.0. The second-order valence-electron chi connectivity index (χ2n) is 7.13. The van der Waals surface area contributed by atoms with Crippen LogP contribution in [-0.2, 0) is 4.74 Å². The van der Waals surface area contributed by atoms with Crippen molar-refractivity contribution in [3.63, 3.8) is 0 Å². The van der Waals surface area contributed by atoms with Crippen LogP contribution in [0.25, 0.3) is 0 Å². The number of thiazole rings is 1. The first-order valence-electron chi connectivity index (χ1n) is 9.56. The molecule has 0 saturated heterocycles. The first-order chi connectivity index (χ1) is 12.4. The second-order valence-corrected chi connectivity index (χ2v) is 8.16. The van der Waals surface area contributed by atoms with Gasteiger partial charge in [-0.1, -0.05) is 19.8 Å². The van der Waals surface area contributed by atoms with E-state index in [1.807, 2.05) is 20.8 Å². The highest BCUT2D eigenvalue weighted by Gasteiger charge is 2.21. The van der Waals surface area contributed by atoms with Crippen molar-refractivity contribution in [1.29, 1.82) is 0 Å². The van der Waals surface area contributed by atoms with E-state index in [1.54, 1.807) is 7.05 Å². The van der Waals surface area contributed by atoms with Crippen LogP contribution in [-0.4, -0.2) is 37.1 Å². The number of aliphatic imine (C=N–C) groups is 1. The van der Waals surface area contributed by atoms with Crippen molar-refractivity contribution in [1.82, 2.24) is 15.6 Å². The smallest absolute Gasteiger partial charge is 0.350 e. The Kier molecular flexibility index (Phi) is 7.87. The average Bonchev–Trinajstić information content (AvgIpc) is 3.02. The molecule has 26 heavy (non-hydrogen) atoms. The molecule has 2 rings (SSSR count). The van der Waals surface area contributed by atoms with Gasteiger partial charge in [0.05, 0.1) is 18.3 Å². The number of hydrogen-bond acceptors (Lipinski definition) is 5. The molecule has 146 valence electrons. The number of carbonyl (C=O) groups is 1. The van der Waals surface area contributed by atoms with Gasteiger partial charge >= 0.3 is 5.97 Å². The fourth-order valence-electron chi connectivity index (χ4n) is 3.22. The van der Waals surface area contributed by atoms with Crippen LogP contribution in [0.5, 0.6) is 0 Å². The van der Waals surface area contributed by atoms with Crippen LogP contribution < -0.4 is 10.6 Å². The van der Waals surface area contributed by atoms with Gasteiger partial charge in [-0.15, -0.1) is 11.3 Å². The van der Waals surface area contributed by atoms with E-state index in [1.165, 1.54) is 37.0 Å². The summed E-state index contributed by atoms with van der Waals surface area (Å²) in [5.74, 6) is 2.07. The number of esters is 1. The van der Waals surface area contributed by atoms with Gasteiger partial charge in [-0.3, -0.25) is 4.99 Å². The molecule has 0 spiro atoms. The molecule has 1 aliphatic rings. The molecule has 1 atom stereocenters. The van der Waals surface area contributed by atoms with Gasteiger partial charge in [0.1, 0.15) is 9.88 Å². The highest BCUT2D eigenvalue weighted by molar-refractivity contribution is 7.13. The summed E-state index contributed by atoms with van der Waals surface area (Å²) < 4.78 is 5.09. The summed E-state index contributed by atoms with van der Waals surface area (Å²) in [6.07, 6.45) is 5.22. The van der Waals surface area contributed by atoms with E-state index in [-0.39, 0.29) is 12.0 Å². The van der Waals surface area contributed by atoms with Gasteiger partial charge in [-0.25, -0.2) is 9.78 Å². The third kappa shape index (κ3) is 5.69. The van der Waals surface area contributed by atoms with Crippen LogP contribution in [0.15, 0.2) is 4.99 Å². The van der Waals surface area contributed by atoms with Crippen molar-refractivity contribution >= 4 is 23.3 Å². The second kappa shape index (κ2) is 9.90. The van der Waals surface area contributed by atoms with Gasteiger partial charge in [-0.2, -0.15) is 0 Å². The lowest BCUT2D eigenvalue weighted by molar-refractivity contribution is 0.0531. The normalized spacial score (nSPS) is 22.0. The molecule has 1 heterocycles. The Morgan fingerprint density at radius 1 is 1.38 bits per heavy atom. The summed E-state index contributed by atoms with van der Waals surface area (Å²) in [6.45, 7) is 9.34. The van der Waals surface area contributed by atoms with Crippen molar-refractivity contribution in [3.05, 3.63) is 15.6 Å². The third-order valence-corrected chi connectivity index (χ3v) is 6.24. The molecule has 1 aromatic heterocycles. The maximum Gasteiger partial charge on any atom is 0.350 e. The number of aromatic nitrogens is 1. The molecule has 0 aromatic carbocycles. The lowest BCUT2D eigenvalue weighted by Gasteiger charge is -2.27. The van der Waals surface area contributed by atoms with E-state index < -0.39 is 0 Å². The predicted molar refractivity (Wildman–Crippen MR) is 107 cm³/mol. The molecule has 1 fully saturated rings. The Morgan fingerprint density at radius 2 is 2.08 bits per heavy atom. The quantitative estimate of drug-likeness (QED) is 0.447. The topological polar surface area (TPSA) is 75.6 Å². The monoisotopic (exact) mass is 380 g/mol. The molecule has 0 aliphatic heterocycles. The number of aryl methyl sites for hydroxylation is 1. The number of nitrogens with one attached hydrogen (secondary N) is 2. The van der Waals surface area contributed by atoms with E-state index in [0.717, 1.165) is 35.0 Å². The maximum absolute atomic E-state index is 12.0. The summed E-state index contributed by atoms with van der Waals surface area (Å²) in [7, 11) is 1.78. The Morgan fingerprint density at radius 3 is 2.69 bits per heavy atom. The van der Waals surface area contributed by atoms with Crippen molar-refractivity contribution in [2.75, 3.05) is 20.2 Å².